The first-order chi connectivity index (χ1) is 24.7. The number of alkyl carbamates (subject to hydrolysis) is 1. The molecule has 2 aliphatic rings. The summed E-state index contributed by atoms with van der Waals surface area (Å²) in [4.78, 5) is 52.9. The number of benzene rings is 1. The van der Waals surface area contributed by atoms with Gasteiger partial charge in [0.05, 0.1) is 24.7 Å². The van der Waals surface area contributed by atoms with Crippen molar-refractivity contribution in [2.45, 2.75) is 120 Å². The Balaban J connectivity index is 1.72. The monoisotopic (exact) mass is 781 g/mol. The summed E-state index contributed by atoms with van der Waals surface area (Å²) in [5, 5.41) is 17.3. The SMILES string of the molecule is CNC(=O)CC(OC(=O)C(C)N(C)C(=O)CCC(C)(C)S)C1(C)OC1C(C)C1CC(O)(C(/C=C/C=C(\C)Cc2ccc(Cl)c(OC)c2)OC)NC(=O)O1. The lowest BCUT2D eigenvalue weighted by atomic mass is 9.83. The van der Waals surface area contributed by atoms with E-state index in [1.165, 1.54) is 26.1 Å². The van der Waals surface area contributed by atoms with Crippen LogP contribution in [0.25, 0.3) is 0 Å². The van der Waals surface area contributed by atoms with Gasteiger partial charge in [-0.25, -0.2) is 9.59 Å². The van der Waals surface area contributed by atoms with E-state index in [4.69, 9.17) is 35.3 Å². The molecule has 2 aliphatic heterocycles. The van der Waals surface area contributed by atoms with E-state index in [2.05, 4.69) is 23.3 Å². The van der Waals surface area contributed by atoms with Crippen LogP contribution in [0.1, 0.15) is 72.8 Å². The Labute approximate surface area is 323 Å². The Morgan fingerprint density at radius 3 is 2.55 bits per heavy atom. The second-order valence-electron chi connectivity index (χ2n) is 14.8. The minimum atomic E-state index is -1.83. The van der Waals surface area contributed by atoms with Gasteiger partial charge in [0.2, 0.25) is 11.8 Å². The van der Waals surface area contributed by atoms with Gasteiger partial charge >= 0.3 is 12.1 Å². The lowest BCUT2D eigenvalue weighted by molar-refractivity contribution is -0.162. The number of nitrogens with zero attached hydrogens (tertiary/aromatic N) is 1. The summed E-state index contributed by atoms with van der Waals surface area (Å²) in [6.45, 7) is 10.8. The van der Waals surface area contributed by atoms with Crippen molar-refractivity contribution >= 4 is 48.1 Å². The molecule has 1 aromatic carbocycles. The lowest BCUT2D eigenvalue weighted by Gasteiger charge is -2.42. The molecule has 0 radical (unpaired) electrons. The Morgan fingerprint density at radius 1 is 1.26 bits per heavy atom. The Morgan fingerprint density at radius 2 is 1.94 bits per heavy atom. The van der Waals surface area contributed by atoms with Crippen molar-refractivity contribution in [3.63, 3.8) is 0 Å². The third-order valence-corrected chi connectivity index (χ3v) is 10.5. The van der Waals surface area contributed by atoms with Crippen LogP contribution in [0, 0.1) is 5.92 Å². The van der Waals surface area contributed by atoms with Crippen molar-refractivity contribution in [3.05, 3.63) is 52.6 Å². The zero-order chi connectivity index (χ0) is 39.9. The van der Waals surface area contributed by atoms with Gasteiger partial charge in [0.15, 0.2) is 5.72 Å². The van der Waals surface area contributed by atoms with Crippen LogP contribution in [0.3, 0.4) is 0 Å². The first-order valence-electron chi connectivity index (χ1n) is 17.6. The predicted molar refractivity (Wildman–Crippen MR) is 204 cm³/mol. The molecule has 1 aromatic rings. The smallest absolute Gasteiger partial charge is 0.409 e. The van der Waals surface area contributed by atoms with Gasteiger partial charge in [-0.15, -0.1) is 0 Å². The van der Waals surface area contributed by atoms with Crippen molar-refractivity contribution < 1.29 is 48.0 Å². The molecule has 0 spiro atoms. The fourth-order valence-electron chi connectivity index (χ4n) is 6.33. The molecule has 0 bridgehead atoms. The number of rotatable bonds is 18. The number of cyclic esters (lactones) is 1. The molecule has 2 heterocycles. The summed E-state index contributed by atoms with van der Waals surface area (Å²) >= 11 is 10.6. The van der Waals surface area contributed by atoms with Crippen molar-refractivity contribution in [3.8, 4) is 5.75 Å². The highest BCUT2D eigenvalue weighted by Crippen LogP contribution is 2.48. The topological polar surface area (TPSA) is 165 Å². The van der Waals surface area contributed by atoms with E-state index < -0.39 is 59.8 Å². The first-order valence-corrected chi connectivity index (χ1v) is 18.5. The summed E-state index contributed by atoms with van der Waals surface area (Å²) in [5.41, 5.74) is -0.950. The van der Waals surface area contributed by atoms with Crippen LogP contribution in [0.4, 0.5) is 4.79 Å². The largest absolute Gasteiger partial charge is 0.495 e. The maximum atomic E-state index is 13.4. The van der Waals surface area contributed by atoms with Crippen LogP contribution < -0.4 is 15.4 Å². The number of allylic oxidation sites excluding steroid dienone is 3. The highest BCUT2D eigenvalue weighted by Gasteiger charge is 2.64. The number of carbonyl (C=O) groups is 4. The number of epoxide rings is 1. The number of methoxy groups -OCH3 is 2. The predicted octanol–water partition coefficient (Wildman–Crippen LogP) is 4.77. The Bertz CT molecular complexity index is 1550. The van der Waals surface area contributed by atoms with Crippen molar-refractivity contribution in [2.75, 3.05) is 28.3 Å². The molecule has 3 amide bonds. The van der Waals surface area contributed by atoms with Gasteiger partial charge in [0.25, 0.3) is 0 Å². The molecule has 0 aromatic heterocycles. The molecule has 2 saturated heterocycles. The summed E-state index contributed by atoms with van der Waals surface area (Å²) in [6, 6.07) is 4.63. The van der Waals surface area contributed by atoms with E-state index >= 15 is 0 Å². The van der Waals surface area contributed by atoms with Crippen LogP contribution in [0.5, 0.6) is 5.75 Å². The molecule has 3 rings (SSSR count). The molecule has 53 heavy (non-hydrogen) atoms. The second kappa shape index (κ2) is 18.4. The van der Waals surface area contributed by atoms with Crippen molar-refractivity contribution in [1.82, 2.24) is 15.5 Å². The van der Waals surface area contributed by atoms with Gasteiger partial charge in [-0.05, 0) is 51.3 Å². The zero-order valence-electron chi connectivity index (χ0n) is 32.4. The van der Waals surface area contributed by atoms with Crippen LogP contribution >= 0.6 is 24.2 Å². The summed E-state index contributed by atoms with van der Waals surface area (Å²) in [6.07, 6.45) is 2.10. The van der Waals surface area contributed by atoms with E-state index in [1.54, 1.807) is 46.1 Å². The number of amides is 3. The highest BCUT2D eigenvalue weighted by atomic mass is 35.5. The molecular weight excluding hydrogens is 726 g/mol. The standard InChI is InChI=1S/C38H56ClN3O10S/c1-22(18-25-14-15-26(39)27(19-25)48-9)12-11-13-29(49-10)38(47)21-28(50-35(46)41-38)23(2)33-37(6,52-33)30(20-31(43)40-7)51-34(45)24(3)42(8)32(44)16-17-36(4,5)53/h11-15,19,23-24,28-30,33,47,53H,16-18,20-21H2,1-10H3,(H,40,43)(H,41,46)/b13-11+,22-12+. The number of thiol groups is 1. The van der Waals surface area contributed by atoms with Crippen molar-refractivity contribution in [1.29, 1.82) is 0 Å². The number of hydrogen-bond acceptors (Lipinski definition) is 11. The maximum Gasteiger partial charge on any atom is 0.409 e. The summed E-state index contributed by atoms with van der Waals surface area (Å²) < 4.78 is 28.2. The third kappa shape index (κ3) is 11.8. The fraction of sp³-hybridized carbons (Fsp3) is 0.632. The molecule has 8 atom stereocenters. The van der Waals surface area contributed by atoms with E-state index in [0.29, 0.717) is 23.6 Å². The van der Waals surface area contributed by atoms with E-state index in [9.17, 15) is 24.3 Å². The van der Waals surface area contributed by atoms with E-state index in [0.717, 1.165) is 11.1 Å². The number of carbonyl (C=O) groups excluding carboxylic acids is 4. The molecule has 15 heteroatoms. The van der Waals surface area contributed by atoms with Gasteiger partial charge in [0, 0.05) is 44.7 Å². The minimum Gasteiger partial charge on any atom is -0.495 e. The molecule has 0 aliphatic carbocycles. The number of nitrogens with one attached hydrogen (secondary N) is 2. The van der Waals surface area contributed by atoms with Gasteiger partial charge in [-0.1, -0.05) is 62.2 Å². The van der Waals surface area contributed by atoms with E-state index in [1.807, 2.05) is 39.0 Å². The molecule has 296 valence electrons. The van der Waals surface area contributed by atoms with Gasteiger partial charge in [-0.2, -0.15) is 12.6 Å². The highest BCUT2D eigenvalue weighted by molar-refractivity contribution is 7.81. The Kier molecular flexibility index (Phi) is 15.3. The fourth-order valence-corrected chi connectivity index (χ4v) is 6.64. The second-order valence-corrected chi connectivity index (χ2v) is 16.4. The third-order valence-electron chi connectivity index (χ3n) is 9.95. The van der Waals surface area contributed by atoms with Crippen LogP contribution in [0.15, 0.2) is 42.0 Å². The van der Waals surface area contributed by atoms with Crippen molar-refractivity contribution in [2.24, 2.45) is 5.92 Å². The summed E-state index contributed by atoms with van der Waals surface area (Å²) in [5.74, 6) is -1.24. The molecule has 13 nitrogen and oxygen atoms in total. The quantitative estimate of drug-likeness (QED) is 0.0706. The van der Waals surface area contributed by atoms with Gasteiger partial charge in [0.1, 0.15) is 35.7 Å². The lowest BCUT2D eigenvalue weighted by Crippen LogP contribution is -2.63. The molecular formula is C38H56ClN3O10S. The van der Waals surface area contributed by atoms with Crippen LogP contribution in [-0.2, 0) is 39.8 Å². The van der Waals surface area contributed by atoms with E-state index in [-0.39, 0.29) is 35.8 Å². The Hall–Kier alpha value is -3.30. The number of likely N-dealkylation sites (N-methyl/N-ethyl adjacent to an activating group) is 1. The molecule has 2 fully saturated rings. The maximum absolute atomic E-state index is 13.4. The van der Waals surface area contributed by atoms with Gasteiger partial charge in [-0.3, -0.25) is 14.9 Å². The number of hydrogen-bond donors (Lipinski definition) is 4. The average molecular weight is 782 g/mol. The van der Waals surface area contributed by atoms with Crippen LogP contribution in [-0.4, -0.2) is 109 Å². The zero-order valence-corrected chi connectivity index (χ0v) is 34.0. The van der Waals surface area contributed by atoms with Gasteiger partial charge < -0.3 is 39.0 Å². The van der Waals surface area contributed by atoms with Crippen LogP contribution in [0.2, 0.25) is 5.02 Å². The first kappa shape index (κ1) is 44.1. The normalized spacial score (nSPS) is 25.4. The number of esters is 1. The molecule has 3 N–H and O–H groups in total. The average Bonchev–Trinajstić information content (AvgIpc) is 3.79. The molecule has 0 saturated carbocycles. The summed E-state index contributed by atoms with van der Waals surface area (Å²) in [7, 11) is 5.99. The minimum absolute atomic E-state index is 0.0567. The molecule has 8 unspecified atom stereocenters. The number of halogens is 1. The number of ether oxygens (including phenoxy) is 5. The number of aliphatic hydroxyl groups is 1.